The number of hydrogen-bond acceptors (Lipinski definition) is 7. The number of hydrogen-bond donors (Lipinski definition) is 2. The lowest BCUT2D eigenvalue weighted by atomic mass is 10.0. The highest BCUT2D eigenvalue weighted by Gasteiger charge is 2.49. The van der Waals surface area contributed by atoms with Gasteiger partial charge in [0.2, 0.25) is 0 Å². The Morgan fingerprint density at radius 3 is 2.37 bits per heavy atom. The summed E-state index contributed by atoms with van der Waals surface area (Å²) in [4.78, 5) is 0. The predicted molar refractivity (Wildman–Crippen MR) is 65.0 cm³/mol. The van der Waals surface area contributed by atoms with Gasteiger partial charge in [-0.3, -0.25) is 0 Å². The molecule has 7 heteroatoms. The molecule has 0 aliphatic carbocycles. The van der Waals surface area contributed by atoms with E-state index in [1.807, 2.05) is 0 Å². The molecule has 0 radical (unpaired) electrons. The van der Waals surface area contributed by atoms with E-state index < -0.39 is 36.0 Å². The third-order valence-electron chi connectivity index (χ3n) is 3.13. The average Bonchev–Trinajstić information content (AvgIpc) is 2.78. The lowest BCUT2D eigenvalue weighted by Crippen LogP contribution is -2.45. The fourth-order valence-electron chi connectivity index (χ4n) is 2.36. The zero-order valence-electron chi connectivity index (χ0n) is 11.6. The van der Waals surface area contributed by atoms with Crippen molar-refractivity contribution in [3.8, 4) is 0 Å². The van der Waals surface area contributed by atoms with Crippen LogP contribution in [-0.4, -0.2) is 59.1 Å². The summed E-state index contributed by atoms with van der Waals surface area (Å²) in [5.41, 5.74) is 0. The van der Waals surface area contributed by atoms with Gasteiger partial charge in [-0.05, 0) is 27.7 Å². The molecular formula is C12H21NO6. The van der Waals surface area contributed by atoms with Crippen LogP contribution in [0.1, 0.15) is 27.7 Å². The minimum Gasteiger partial charge on any atom is -0.411 e. The molecule has 0 saturated carbocycles. The molecule has 110 valence electrons. The molecule has 1 unspecified atom stereocenters. The molecule has 2 saturated heterocycles. The molecule has 2 N–H and O–H groups in total. The maximum atomic E-state index is 10.4. The molecule has 0 spiro atoms. The Morgan fingerprint density at radius 1 is 1.16 bits per heavy atom. The van der Waals surface area contributed by atoms with Crippen molar-refractivity contribution in [2.45, 2.75) is 63.7 Å². The van der Waals surface area contributed by atoms with Crippen molar-refractivity contribution in [3.63, 3.8) is 0 Å². The summed E-state index contributed by atoms with van der Waals surface area (Å²) >= 11 is 0. The molecular weight excluding hydrogens is 254 g/mol. The Balaban J connectivity index is 2.07. The first-order chi connectivity index (χ1) is 8.74. The van der Waals surface area contributed by atoms with E-state index in [0.717, 1.165) is 0 Å². The highest BCUT2D eigenvalue weighted by atomic mass is 16.8. The minimum atomic E-state index is -0.938. The molecule has 2 rings (SSSR count). The van der Waals surface area contributed by atoms with Crippen molar-refractivity contribution in [1.29, 1.82) is 0 Å². The summed E-state index contributed by atoms with van der Waals surface area (Å²) in [5, 5.41) is 22.0. The summed E-state index contributed by atoms with van der Waals surface area (Å²) in [5.74, 6) is -1.58. The van der Waals surface area contributed by atoms with Gasteiger partial charge in [-0.15, -0.1) is 0 Å². The van der Waals surface area contributed by atoms with Crippen LogP contribution >= 0.6 is 0 Å². The van der Waals surface area contributed by atoms with Gasteiger partial charge in [0.1, 0.15) is 24.4 Å². The Labute approximate surface area is 112 Å². The number of nitrogens with zero attached hydrogens (tertiary/aromatic N) is 1. The van der Waals surface area contributed by atoms with Crippen LogP contribution < -0.4 is 0 Å². The van der Waals surface area contributed by atoms with E-state index >= 15 is 0 Å². The van der Waals surface area contributed by atoms with Crippen LogP contribution in [0.2, 0.25) is 0 Å². The summed E-state index contributed by atoms with van der Waals surface area (Å²) < 4.78 is 22.2. The number of aliphatic hydroxyl groups excluding tert-OH is 1. The first-order valence-electron chi connectivity index (χ1n) is 6.27. The lowest BCUT2D eigenvalue weighted by Gasteiger charge is -2.25. The van der Waals surface area contributed by atoms with E-state index in [1.54, 1.807) is 27.7 Å². The first-order valence-corrected chi connectivity index (χ1v) is 6.27. The molecule has 0 aromatic rings. The predicted octanol–water partition coefficient (Wildman–Crippen LogP) is 0.479. The molecule has 0 aromatic heterocycles. The van der Waals surface area contributed by atoms with E-state index in [4.69, 9.17) is 24.2 Å². The fourth-order valence-corrected chi connectivity index (χ4v) is 2.36. The molecule has 0 amide bonds. The monoisotopic (exact) mass is 275 g/mol. The molecule has 7 nitrogen and oxygen atoms in total. The van der Waals surface area contributed by atoms with Crippen LogP contribution in [-0.2, 0) is 18.9 Å². The third-order valence-corrected chi connectivity index (χ3v) is 3.13. The Bertz CT molecular complexity index is 356. The van der Waals surface area contributed by atoms with Crippen molar-refractivity contribution in [1.82, 2.24) is 0 Å². The quantitative estimate of drug-likeness (QED) is 0.442. The number of aliphatic hydroxyl groups is 1. The normalized spacial score (nSPS) is 38.9. The summed E-state index contributed by atoms with van der Waals surface area (Å²) in [6.07, 6.45) is -1.56. The first kappa shape index (κ1) is 14.7. The molecule has 2 aliphatic rings. The van der Waals surface area contributed by atoms with Crippen LogP contribution in [0.4, 0.5) is 0 Å². The molecule has 19 heavy (non-hydrogen) atoms. The number of ether oxygens (including phenoxy) is 4. The van der Waals surface area contributed by atoms with Crippen molar-refractivity contribution < 1.29 is 29.3 Å². The van der Waals surface area contributed by atoms with Crippen molar-refractivity contribution >= 4 is 6.21 Å². The molecule has 4 atom stereocenters. The van der Waals surface area contributed by atoms with Gasteiger partial charge < -0.3 is 29.3 Å². The average molecular weight is 275 g/mol. The van der Waals surface area contributed by atoms with Crippen molar-refractivity contribution in [2.24, 2.45) is 5.16 Å². The summed E-state index contributed by atoms with van der Waals surface area (Å²) in [6, 6.07) is 0. The third kappa shape index (κ3) is 3.24. The second-order valence-corrected chi connectivity index (χ2v) is 5.69. The standard InChI is InChI=1S/C12H21NO6/c1-11(2)16-6-8(18-11)9(14)10-7(5-13-15)17-12(3,4)19-10/h5,7-10,14-15H,6H2,1-4H3/b13-5+/t7-,8+,9?,10-/m0/s1. The highest BCUT2D eigenvalue weighted by Crippen LogP contribution is 2.33. The van der Waals surface area contributed by atoms with Crippen LogP contribution in [0.3, 0.4) is 0 Å². The molecule has 2 heterocycles. The van der Waals surface area contributed by atoms with E-state index in [-0.39, 0.29) is 6.61 Å². The van der Waals surface area contributed by atoms with Gasteiger partial charge in [-0.2, -0.15) is 0 Å². The zero-order chi connectivity index (χ0) is 14.3. The van der Waals surface area contributed by atoms with Gasteiger partial charge in [-0.25, -0.2) is 0 Å². The smallest absolute Gasteiger partial charge is 0.164 e. The second-order valence-electron chi connectivity index (χ2n) is 5.69. The van der Waals surface area contributed by atoms with E-state index in [0.29, 0.717) is 0 Å². The van der Waals surface area contributed by atoms with Gasteiger partial charge in [0.05, 0.1) is 12.8 Å². The molecule has 2 aliphatic heterocycles. The molecule has 0 bridgehead atoms. The minimum absolute atomic E-state index is 0.275. The van der Waals surface area contributed by atoms with Gasteiger partial charge in [0.15, 0.2) is 11.6 Å². The van der Waals surface area contributed by atoms with E-state index in [9.17, 15) is 5.11 Å². The summed E-state index contributed by atoms with van der Waals surface area (Å²) in [7, 11) is 0. The van der Waals surface area contributed by atoms with Gasteiger partial charge >= 0.3 is 0 Å². The van der Waals surface area contributed by atoms with Gasteiger partial charge in [-0.1, -0.05) is 5.16 Å². The second kappa shape index (κ2) is 4.99. The summed E-state index contributed by atoms with van der Waals surface area (Å²) in [6.45, 7) is 7.30. The largest absolute Gasteiger partial charge is 0.411 e. The van der Waals surface area contributed by atoms with Crippen molar-refractivity contribution in [2.75, 3.05) is 6.61 Å². The molecule has 2 fully saturated rings. The van der Waals surface area contributed by atoms with Crippen LogP contribution in [0.15, 0.2) is 5.16 Å². The maximum absolute atomic E-state index is 10.4. The van der Waals surface area contributed by atoms with Crippen molar-refractivity contribution in [3.05, 3.63) is 0 Å². The van der Waals surface area contributed by atoms with Crippen LogP contribution in [0, 0.1) is 0 Å². The Hall–Kier alpha value is -0.730. The molecule has 0 aromatic carbocycles. The maximum Gasteiger partial charge on any atom is 0.164 e. The highest BCUT2D eigenvalue weighted by molar-refractivity contribution is 5.64. The fraction of sp³-hybridized carbons (Fsp3) is 0.917. The van der Waals surface area contributed by atoms with Gasteiger partial charge in [0.25, 0.3) is 0 Å². The topological polar surface area (TPSA) is 89.7 Å². The zero-order valence-corrected chi connectivity index (χ0v) is 11.6. The van der Waals surface area contributed by atoms with Gasteiger partial charge in [0, 0.05) is 0 Å². The number of rotatable bonds is 3. The Morgan fingerprint density at radius 2 is 1.84 bits per heavy atom. The van der Waals surface area contributed by atoms with Crippen LogP contribution in [0.5, 0.6) is 0 Å². The van der Waals surface area contributed by atoms with E-state index in [1.165, 1.54) is 6.21 Å². The van der Waals surface area contributed by atoms with E-state index in [2.05, 4.69) is 5.16 Å². The SMILES string of the molecule is CC1(C)O[C@@H](/C=N/O)[C@@H](C(O)[C@H]2COC(C)(C)O2)O1. The van der Waals surface area contributed by atoms with Crippen LogP contribution in [0.25, 0.3) is 0 Å². The Kier molecular flexibility index (Phi) is 3.85. The lowest BCUT2D eigenvalue weighted by molar-refractivity contribution is -0.178. The number of oxime groups is 1.